The molecule has 0 unspecified atom stereocenters. The summed E-state index contributed by atoms with van der Waals surface area (Å²) in [5.74, 6) is 0.629. The van der Waals surface area contributed by atoms with Crippen LogP contribution in [0.3, 0.4) is 0 Å². The number of hydrogen-bond donors (Lipinski definition) is 2. The van der Waals surface area contributed by atoms with E-state index >= 15 is 0 Å². The molecule has 0 bridgehead atoms. The minimum Gasteiger partial charge on any atom is -0.494 e. The van der Waals surface area contributed by atoms with Crippen LogP contribution >= 0.6 is 11.8 Å². The standard InChI is InChI=1S/C21H23N3O4S/c1-3-4-13-27-18-11-7-16(8-12-18)22-19(25)14-29-20-21(26)28-23-24(20)17-9-5-15(2)6-10-17/h5-12H,3-4,13-14H2,1-2H3,(H-,22,23,25,26)/p+1. The Kier molecular flexibility index (Phi) is 7.13. The summed E-state index contributed by atoms with van der Waals surface area (Å²) >= 11 is 1.11. The summed E-state index contributed by atoms with van der Waals surface area (Å²) in [6, 6.07) is 14.8. The van der Waals surface area contributed by atoms with Crippen molar-refractivity contribution in [2.75, 3.05) is 17.7 Å². The van der Waals surface area contributed by atoms with Gasteiger partial charge in [-0.15, -0.1) is 0 Å². The maximum atomic E-state index is 12.3. The van der Waals surface area contributed by atoms with Gasteiger partial charge < -0.3 is 10.1 Å². The van der Waals surface area contributed by atoms with E-state index in [0.717, 1.165) is 41.6 Å². The minimum atomic E-state index is -0.517. The highest BCUT2D eigenvalue weighted by Gasteiger charge is 2.24. The Morgan fingerprint density at radius 1 is 1.17 bits per heavy atom. The van der Waals surface area contributed by atoms with Crippen LogP contribution in [0.25, 0.3) is 5.69 Å². The van der Waals surface area contributed by atoms with Gasteiger partial charge >= 0.3 is 10.7 Å². The molecule has 1 heterocycles. The highest BCUT2D eigenvalue weighted by atomic mass is 32.2. The second-order valence-corrected chi connectivity index (χ2v) is 7.48. The molecule has 29 heavy (non-hydrogen) atoms. The number of nitrogens with one attached hydrogen (secondary N) is 2. The second kappa shape index (κ2) is 9.97. The Morgan fingerprint density at radius 3 is 2.59 bits per heavy atom. The third-order valence-corrected chi connectivity index (χ3v) is 5.17. The summed E-state index contributed by atoms with van der Waals surface area (Å²) in [7, 11) is 0. The molecule has 0 aliphatic rings. The predicted octanol–water partition coefficient (Wildman–Crippen LogP) is 3.46. The van der Waals surface area contributed by atoms with Gasteiger partial charge in [-0.1, -0.05) is 31.0 Å². The van der Waals surface area contributed by atoms with Gasteiger partial charge in [0, 0.05) is 17.8 Å². The Morgan fingerprint density at radius 2 is 1.90 bits per heavy atom. The van der Waals surface area contributed by atoms with Crippen molar-refractivity contribution in [1.82, 2.24) is 5.27 Å². The van der Waals surface area contributed by atoms with Gasteiger partial charge in [0.15, 0.2) is 0 Å². The molecule has 1 aromatic heterocycles. The number of thioether (sulfide) groups is 1. The molecular formula is C21H24N3O4S+. The van der Waals surface area contributed by atoms with E-state index in [1.54, 1.807) is 12.1 Å². The number of aromatic amines is 1. The number of amides is 1. The number of ether oxygens (including phenoxy) is 1. The van der Waals surface area contributed by atoms with E-state index in [4.69, 9.17) is 9.26 Å². The van der Waals surface area contributed by atoms with Gasteiger partial charge in [-0.2, -0.15) is 0 Å². The van der Waals surface area contributed by atoms with Crippen molar-refractivity contribution in [3.63, 3.8) is 0 Å². The first-order valence-electron chi connectivity index (χ1n) is 9.43. The number of aryl methyl sites for hydroxylation is 1. The fourth-order valence-corrected chi connectivity index (χ4v) is 3.32. The lowest BCUT2D eigenvalue weighted by Crippen LogP contribution is -2.36. The maximum absolute atomic E-state index is 12.3. The van der Waals surface area contributed by atoms with Gasteiger partial charge in [-0.3, -0.25) is 9.32 Å². The number of benzene rings is 2. The molecule has 0 saturated heterocycles. The lowest BCUT2D eigenvalue weighted by atomic mass is 10.2. The average Bonchev–Trinajstić information content (AvgIpc) is 3.09. The van der Waals surface area contributed by atoms with Crippen molar-refractivity contribution in [2.45, 2.75) is 31.7 Å². The number of rotatable bonds is 9. The second-order valence-electron chi connectivity index (χ2n) is 6.52. The molecule has 1 amide bonds. The minimum absolute atomic E-state index is 0.0726. The Bertz CT molecular complexity index is 994. The van der Waals surface area contributed by atoms with E-state index in [9.17, 15) is 9.59 Å². The van der Waals surface area contributed by atoms with Crippen LogP contribution < -0.4 is 20.4 Å². The molecule has 3 rings (SSSR count). The molecule has 0 fully saturated rings. The smallest absolute Gasteiger partial charge is 0.442 e. The van der Waals surface area contributed by atoms with Crippen LogP contribution in [-0.2, 0) is 4.79 Å². The van der Waals surface area contributed by atoms with E-state index in [0.29, 0.717) is 17.3 Å². The van der Waals surface area contributed by atoms with Gasteiger partial charge in [0.1, 0.15) is 5.75 Å². The van der Waals surface area contributed by atoms with E-state index < -0.39 is 5.63 Å². The van der Waals surface area contributed by atoms with Crippen LogP contribution in [0.15, 0.2) is 62.9 Å². The lowest BCUT2D eigenvalue weighted by Gasteiger charge is -2.07. The zero-order valence-corrected chi connectivity index (χ0v) is 17.3. The number of carbonyl (C=O) groups excluding carboxylic acids is 1. The van der Waals surface area contributed by atoms with Crippen LogP contribution in [0.2, 0.25) is 0 Å². The molecule has 2 N–H and O–H groups in total. The first-order valence-corrected chi connectivity index (χ1v) is 10.4. The molecule has 7 nitrogen and oxygen atoms in total. The highest BCUT2D eigenvalue weighted by molar-refractivity contribution is 7.99. The van der Waals surface area contributed by atoms with Gasteiger partial charge in [-0.25, -0.2) is 4.79 Å². The number of H-pyrrole nitrogens is 1. The quantitative estimate of drug-likeness (QED) is 0.318. The number of hydrogen-bond acceptors (Lipinski definition) is 5. The first-order chi connectivity index (χ1) is 14.1. The molecule has 0 spiro atoms. The van der Waals surface area contributed by atoms with E-state index in [-0.39, 0.29) is 11.7 Å². The third-order valence-electron chi connectivity index (χ3n) is 4.14. The van der Waals surface area contributed by atoms with Crippen molar-refractivity contribution < 1.29 is 18.7 Å². The summed E-state index contributed by atoms with van der Waals surface area (Å²) in [5.41, 5.74) is 2.02. The Balaban J connectivity index is 1.58. The largest absolute Gasteiger partial charge is 0.494 e. The number of carbonyl (C=O) groups is 1. The molecule has 0 aliphatic carbocycles. The van der Waals surface area contributed by atoms with Gasteiger partial charge in [0.2, 0.25) is 11.6 Å². The molecule has 3 aromatic rings. The van der Waals surface area contributed by atoms with Gasteiger partial charge in [0.05, 0.1) is 12.4 Å². The lowest BCUT2D eigenvalue weighted by molar-refractivity contribution is -0.704. The molecule has 152 valence electrons. The number of anilines is 1. The van der Waals surface area contributed by atoms with Crippen LogP contribution in [0.5, 0.6) is 5.75 Å². The molecule has 0 radical (unpaired) electrons. The summed E-state index contributed by atoms with van der Waals surface area (Å²) in [4.78, 5) is 24.3. The SMILES string of the molecule is CCCCOc1ccc(NC(=O)CSc2c(=O)o[nH][n+]2-c2ccc(C)cc2)cc1. The highest BCUT2D eigenvalue weighted by Crippen LogP contribution is 2.17. The van der Waals surface area contributed by atoms with Crippen molar-refractivity contribution >= 4 is 23.4 Å². The summed E-state index contributed by atoms with van der Waals surface area (Å²) < 4.78 is 12.0. The van der Waals surface area contributed by atoms with Crippen LogP contribution in [-0.4, -0.2) is 23.5 Å². The number of unbranched alkanes of at least 4 members (excludes halogenated alkanes) is 1. The van der Waals surface area contributed by atoms with Crippen LogP contribution in [0, 0.1) is 6.92 Å². The molecule has 0 atom stereocenters. The summed E-state index contributed by atoms with van der Waals surface area (Å²) in [6.45, 7) is 4.77. The molecule has 0 saturated carbocycles. The zero-order valence-electron chi connectivity index (χ0n) is 16.4. The zero-order chi connectivity index (χ0) is 20.6. The maximum Gasteiger partial charge on any atom is 0.442 e. The van der Waals surface area contributed by atoms with Crippen molar-refractivity contribution in [1.29, 1.82) is 0 Å². The number of aromatic nitrogens is 2. The Labute approximate surface area is 173 Å². The topological polar surface area (TPSA) is 88.2 Å². The molecule has 0 aliphatic heterocycles. The first kappa shape index (κ1) is 20.7. The van der Waals surface area contributed by atoms with E-state index in [1.165, 1.54) is 4.68 Å². The Hall–Kier alpha value is -3.00. The summed E-state index contributed by atoms with van der Waals surface area (Å²) in [5, 5.41) is 5.70. The van der Waals surface area contributed by atoms with Crippen LogP contribution in [0.4, 0.5) is 5.69 Å². The monoisotopic (exact) mass is 414 g/mol. The normalized spacial score (nSPS) is 10.7. The van der Waals surface area contributed by atoms with Gasteiger partial charge in [0.25, 0.3) is 0 Å². The van der Waals surface area contributed by atoms with Crippen LogP contribution in [0.1, 0.15) is 25.3 Å². The fourth-order valence-electron chi connectivity index (χ4n) is 2.55. The average molecular weight is 415 g/mol. The summed E-state index contributed by atoms with van der Waals surface area (Å²) in [6.07, 6.45) is 2.08. The van der Waals surface area contributed by atoms with E-state index in [2.05, 4.69) is 17.5 Å². The van der Waals surface area contributed by atoms with Crippen molar-refractivity contribution in [2.24, 2.45) is 0 Å². The van der Waals surface area contributed by atoms with E-state index in [1.807, 2.05) is 43.3 Å². The van der Waals surface area contributed by atoms with Crippen molar-refractivity contribution in [3.8, 4) is 11.4 Å². The van der Waals surface area contributed by atoms with Gasteiger partial charge in [-0.05, 0) is 59.3 Å². The molecular weight excluding hydrogens is 390 g/mol. The third kappa shape index (κ3) is 5.74. The molecule has 2 aromatic carbocycles. The fraction of sp³-hybridized carbons (Fsp3) is 0.286. The number of nitrogens with zero attached hydrogens (tertiary/aromatic N) is 1. The predicted molar refractivity (Wildman–Crippen MR) is 112 cm³/mol. The molecule has 8 heteroatoms. The van der Waals surface area contributed by atoms with Crippen molar-refractivity contribution in [3.05, 3.63) is 64.5 Å².